The maximum atomic E-state index is 11.0. The maximum absolute atomic E-state index is 11.0. The van der Waals surface area contributed by atoms with E-state index in [-0.39, 0.29) is 13.1 Å². The van der Waals surface area contributed by atoms with Gasteiger partial charge < -0.3 is 30.1 Å². The van der Waals surface area contributed by atoms with E-state index in [9.17, 15) is 14.4 Å². The van der Waals surface area contributed by atoms with Crippen LogP contribution >= 0.6 is 0 Å². The van der Waals surface area contributed by atoms with Crippen LogP contribution < -0.4 is 10.6 Å². The highest BCUT2D eigenvalue weighted by Gasteiger charge is 2.11. The number of amides is 3. The Balaban J connectivity index is 3.79. The number of carboxylic acid groups (broad SMARTS) is 1. The van der Waals surface area contributed by atoms with E-state index in [1.54, 1.807) is 0 Å². The normalized spacial score (nSPS) is 9.50. The van der Waals surface area contributed by atoms with Crippen LogP contribution in [0.1, 0.15) is 12.8 Å². The molecule has 0 saturated carbocycles. The molecule has 0 saturated heterocycles. The summed E-state index contributed by atoms with van der Waals surface area (Å²) in [5.41, 5.74) is 0. The molecule has 0 aromatic rings. The third-order valence-electron chi connectivity index (χ3n) is 2.39. The van der Waals surface area contributed by atoms with Gasteiger partial charge in [-0.15, -0.1) is 0 Å². The number of nitrogens with one attached hydrogen (secondary N) is 2. The fourth-order valence-corrected chi connectivity index (χ4v) is 1.37. The molecule has 0 aliphatic rings. The van der Waals surface area contributed by atoms with Crippen molar-refractivity contribution in [3.8, 4) is 0 Å². The van der Waals surface area contributed by atoms with E-state index in [0.717, 1.165) is 0 Å². The van der Waals surface area contributed by atoms with Gasteiger partial charge in [0, 0.05) is 26.2 Å². The largest absolute Gasteiger partial charge is 0.465 e. The first-order chi connectivity index (χ1) is 9.51. The number of methoxy groups -OCH3 is 2. The number of hydrogen-bond donors (Lipinski definition) is 3. The van der Waals surface area contributed by atoms with Gasteiger partial charge in [-0.25, -0.2) is 14.4 Å². The maximum Gasteiger partial charge on any atom is 0.407 e. The second-order valence-electron chi connectivity index (χ2n) is 3.81. The molecule has 0 heterocycles. The standard InChI is InChI=1S/C11H21N3O6/c1-19-9(15)12-5-3-7-14(11(17)18)8-4-6-13-10(16)20-2/h3-8H2,1-2H3,(H,12,15)(H,13,16)(H,17,18). The van der Waals surface area contributed by atoms with Crippen molar-refractivity contribution in [3.63, 3.8) is 0 Å². The van der Waals surface area contributed by atoms with Crippen molar-refractivity contribution in [2.24, 2.45) is 0 Å². The molecule has 0 aliphatic heterocycles. The molecule has 9 nitrogen and oxygen atoms in total. The Morgan fingerprint density at radius 2 is 1.35 bits per heavy atom. The van der Waals surface area contributed by atoms with Gasteiger partial charge in [-0.05, 0) is 12.8 Å². The number of carbonyl (C=O) groups excluding carboxylic acids is 2. The van der Waals surface area contributed by atoms with Gasteiger partial charge in [0.15, 0.2) is 0 Å². The molecule has 3 N–H and O–H groups in total. The Labute approximate surface area is 117 Å². The molecule has 0 rings (SSSR count). The van der Waals surface area contributed by atoms with Crippen LogP contribution in [0.25, 0.3) is 0 Å². The summed E-state index contributed by atoms with van der Waals surface area (Å²) in [5.74, 6) is 0. The average Bonchev–Trinajstić information content (AvgIpc) is 2.44. The first-order valence-electron chi connectivity index (χ1n) is 6.12. The van der Waals surface area contributed by atoms with Crippen LogP contribution in [0.5, 0.6) is 0 Å². The predicted octanol–water partition coefficient (Wildman–Crippen LogP) is 0.459. The van der Waals surface area contributed by atoms with E-state index in [2.05, 4.69) is 20.1 Å². The minimum atomic E-state index is -1.04. The second-order valence-corrected chi connectivity index (χ2v) is 3.81. The van der Waals surface area contributed by atoms with Crippen molar-refractivity contribution in [1.29, 1.82) is 0 Å². The van der Waals surface area contributed by atoms with Gasteiger partial charge in [-0.2, -0.15) is 0 Å². The predicted molar refractivity (Wildman–Crippen MR) is 69.6 cm³/mol. The van der Waals surface area contributed by atoms with E-state index >= 15 is 0 Å². The van der Waals surface area contributed by atoms with Crippen molar-refractivity contribution in [2.75, 3.05) is 40.4 Å². The molecule has 0 aromatic carbocycles. The lowest BCUT2D eigenvalue weighted by atomic mass is 10.3. The number of hydrogen-bond acceptors (Lipinski definition) is 5. The van der Waals surface area contributed by atoms with Crippen molar-refractivity contribution in [3.05, 3.63) is 0 Å². The Morgan fingerprint density at radius 1 is 0.950 bits per heavy atom. The van der Waals surface area contributed by atoms with Crippen LogP contribution in [0.4, 0.5) is 14.4 Å². The van der Waals surface area contributed by atoms with E-state index < -0.39 is 18.3 Å². The number of ether oxygens (including phenoxy) is 2. The summed E-state index contributed by atoms with van der Waals surface area (Å²) in [6.45, 7) is 1.24. The van der Waals surface area contributed by atoms with Crippen LogP contribution in [0.15, 0.2) is 0 Å². The Kier molecular flexibility index (Phi) is 9.53. The number of carbonyl (C=O) groups is 3. The number of alkyl carbamates (subject to hydrolysis) is 2. The first-order valence-corrected chi connectivity index (χ1v) is 6.12. The molecule has 0 fully saturated rings. The zero-order valence-electron chi connectivity index (χ0n) is 11.7. The summed E-state index contributed by atoms with van der Waals surface area (Å²) in [6, 6.07) is 0. The molecular weight excluding hydrogens is 270 g/mol. The quantitative estimate of drug-likeness (QED) is 0.559. The molecule has 116 valence electrons. The number of rotatable bonds is 8. The van der Waals surface area contributed by atoms with Gasteiger partial charge in [0.05, 0.1) is 14.2 Å². The van der Waals surface area contributed by atoms with Gasteiger partial charge >= 0.3 is 18.3 Å². The van der Waals surface area contributed by atoms with E-state index in [1.165, 1.54) is 19.1 Å². The monoisotopic (exact) mass is 291 g/mol. The summed E-state index contributed by atoms with van der Waals surface area (Å²) >= 11 is 0. The van der Waals surface area contributed by atoms with E-state index in [1.807, 2.05) is 0 Å². The van der Waals surface area contributed by atoms with Gasteiger partial charge in [0.25, 0.3) is 0 Å². The Bertz CT molecular complexity index is 299. The lowest BCUT2D eigenvalue weighted by molar-refractivity contribution is 0.143. The van der Waals surface area contributed by atoms with E-state index in [4.69, 9.17) is 5.11 Å². The molecule has 3 amide bonds. The van der Waals surface area contributed by atoms with Crippen LogP contribution in [0, 0.1) is 0 Å². The molecule has 0 aliphatic carbocycles. The van der Waals surface area contributed by atoms with Gasteiger partial charge in [-0.3, -0.25) is 0 Å². The smallest absolute Gasteiger partial charge is 0.407 e. The summed E-state index contributed by atoms with van der Waals surface area (Å²) in [7, 11) is 2.51. The third-order valence-corrected chi connectivity index (χ3v) is 2.39. The van der Waals surface area contributed by atoms with Crippen molar-refractivity contribution in [2.45, 2.75) is 12.8 Å². The van der Waals surface area contributed by atoms with Crippen LogP contribution in [-0.4, -0.2) is 68.7 Å². The van der Waals surface area contributed by atoms with Gasteiger partial charge in [0.1, 0.15) is 0 Å². The summed E-state index contributed by atoms with van der Waals surface area (Å²) in [6.07, 6.45) is -1.18. The summed E-state index contributed by atoms with van der Waals surface area (Å²) in [4.78, 5) is 33.7. The van der Waals surface area contributed by atoms with E-state index in [0.29, 0.717) is 25.9 Å². The molecule has 9 heteroatoms. The molecule has 0 spiro atoms. The lowest BCUT2D eigenvalue weighted by Gasteiger charge is -2.19. The van der Waals surface area contributed by atoms with Gasteiger partial charge in [-0.1, -0.05) is 0 Å². The van der Waals surface area contributed by atoms with Crippen molar-refractivity contribution in [1.82, 2.24) is 15.5 Å². The van der Waals surface area contributed by atoms with Crippen LogP contribution in [0.2, 0.25) is 0 Å². The topological polar surface area (TPSA) is 117 Å². The van der Waals surface area contributed by atoms with Crippen molar-refractivity contribution < 1.29 is 29.0 Å². The number of nitrogens with zero attached hydrogens (tertiary/aromatic N) is 1. The fraction of sp³-hybridized carbons (Fsp3) is 0.727. The molecule has 0 radical (unpaired) electrons. The van der Waals surface area contributed by atoms with Crippen LogP contribution in [0.3, 0.4) is 0 Å². The highest BCUT2D eigenvalue weighted by Crippen LogP contribution is 1.95. The van der Waals surface area contributed by atoms with Crippen molar-refractivity contribution >= 4 is 18.3 Å². The lowest BCUT2D eigenvalue weighted by Crippen LogP contribution is -2.35. The second kappa shape index (κ2) is 10.7. The molecular formula is C11H21N3O6. The molecule has 0 bridgehead atoms. The first kappa shape index (κ1) is 17.8. The Hall–Kier alpha value is -2.19. The zero-order chi connectivity index (χ0) is 15.4. The fourth-order valence-electron chi connectivity index (χ4n) is 1.37. The average molecular weight is 291 g/mol. The highest BCUT2D eigenvalue weighted by atomic mass is 16.5. The molecule has 0 aromatic heterocycles. The SMILES string of the molecule is COC(=O)NCCCN(CCCNC(=O)OC)C(=O)O. The minimum Gasteiger partial charge on any atom is -0.465 e. The summed E-state index contributed by atoms with van der Waals surface area (Å²) in [5, 5.41) is 13.9. The van der Waals surface area contributed by atoms with Gasteiger partial charge in [0.2, 0.25) is 0 Å². The minimum absolute atomic E-state index is 0.289. The highest BCUT2D eigenvalue weighted by molar-refractivity contribution is 5.67. The Morgan fingerprint density at radius 3 is 1.65 bits per heavy atom. The van der Waals surface area contributed by atoms with Crippen LogP contribution in [-0.2, 0) is 9.47 Å². The zero-order valence-corrected chi connectivity index (χ0v) is 11.7. The summed E-state index contributed by atoms with van der Waals surface area (Å²) < 4.78 is 8.77. The molecule has 0 unspecified atom stereocenters. The molecule has 20 heavy (non-hydrogen) atoms. The third kappa shape index (κ3) is 8.84. The molecule has 0 atom stereocenters.